The predicted molar refractivity (Wildman–Crippen MR) is 110 cm³/mol. The number of benzene rings is 2. The minimum atomic E-state index is -0.209. The number of anilines is 1. The van der Waals surface area contributed by atoms with Gasteiger partial charge in [0, 0.05) is 35.6 Å². The number of carbonyl (C=O) groups excluding carboxylic acids is 1. The molecule has 2 aromatic carbocycles. The topological polar surface area (TPSA) is 65.4 Å². The van der Waals surface area contributed by atoms with Gasteiger partial charge in [0.2, 0.25) is 0 Å². The Balaban J connectivity index is 1.68. The van der Waals surface area contributed by atoms with Gasteiger partial charge in [-0.25, -0.2) is 4.98 Å². The number of nitrogens with zero attached hydrogens (tertiary/aromatic N) is 2. The van der Waals surface area contributed by atoms with Crippen LogP contribution in [0.4, 0.5) is 5.69 Å². The van der Waals surface area contributed by atoms with Gasteiger partial charge in [0.1, 0.15) is 0 Å². The molecule has 0 unspecified atom stereocenters. The minimum Gasteiger partial charge on any atom is -0.493 e. The molecule has 6 nitrogen and oxygen atoms in total. The second-order valence-electron chi connectivity index (χ2n) is 6.43. The van der Waals surface area contributed by atoms with E-state index < -0.39 is 0 Å². The fourth-order valence-electron chi connectivity index (χ4n) is 2.53. The molecule has 0 aliphatic carbocycles. The zero-order valence-corrected chi connectivity index (χ0v) is 17.1. The number of carbonyl (C=O) groups is 1. The molecule has 1 aromatic heterocycles. The molecule has 0 bridgehead atoms. The highest BCUT2D eigenvalue weighted by molar-refractivity contribution is 7.99. The summed E-state index contributed by atoms with van der Waals surface area (Å²) in [5, 5.41) is 3.81. The van der Waals surface area contributed by atoms with Crippen molar-refractivity contribution in [3.63, 3.8) is 0 Å². The number of nitrogens with one attached hydrogen (secondary N) is 1. The van der Waals surface area contributed by atoms with Crippen LogP contribution in [0.3, 0.4) is 0 Å². The number of amides is 1. The van der Waals surface area contributed by atoms with Gasteiger partial charge in [-0.15, -0.1) is 0 Å². The smallest absolute Gasteiger partial charge is 0.255 e. The van der Waals surface area contributed by atoms with Gasteiger partial charge in [-0.3, -0.25) is 4.79 Å². The fraction of sp³-hybridized carbons (Fsp3) is 0.238. The first-order chi connectivity index (χ1) is 13.5. The van der Waals surface area contributed by atoms with Crippen molar-refractivity contribution in [2.45, 2.75) is 30.0 Å². The van der Waals surface area contributed by atoms with Crippen LogP contribution in [0.15, 0.2) is 64.9 Å². The van der Waals surface area contributed by atoms with Crippen molar-refractivity contribution in [3.05, 3.63) is 60.4 Å². The van der Waals surface area contributed by atoms with E-state index in [9.17, 15) is 4.79 Å². The van der Waals surface area contributed by atoms with Gasteiger partial charge in [0.25, 0.3) is 5.91 Å². The Morgan fingerprint density at radius 1 is 1.14 bits per heavy atom. The highest BCUT2D eigenvalue weighted by atomic mass is 32.2. The lowest BCUT2D eigenvalue weighted by Gasteiger charge is -2.14. The van der Waals surface area contributed by atoms with Crippen LogP contribution < -0.4 is 14.8 Å². The van der Waals surface area contributed by atoms with E-state index in [1.165, 1.54) is 0 Å². The van der Waals surface area contributed by atoms with Crippen molar-refractivity contribution in [2.75, 3.05) is 12.4 Å². The molecule has 7 heteroatoms. The maximum Gasteiger partial charge on any atom is 0.255 e. The summed E-state index contributed by atoms with van der Waals surface area (Å²) in [5.41, 5.74) is 1.22. The van der Waals surface area contributed by atoms with Gasteiger partial charge in [0.15, 0.2) is 16.7 Å². The first-order valence-electron chi connectivity index (χ1n) is 8.87. The number of methoxy groups -OCH3 is 1. The summed E-state index contributed by atoms with van der Waals surface area (Å²) >= 11 is 1.56. The van der Waals surface area contributed by atoms with Crippen LogP contribution in [0.2, 0.25) is 0 Å². The summed E-state index contributed by atoms with van der Waals surface area (Å²) in [7, 11) is 3.51. The molecule has 1 N–H and O–H groups in total. The molecule has 1 heterocycles. The maximum atomic E-state index is 12.6. The van der Waals surface area contributed by atoms with E-state index in [-0.39, 0.29) is 12.0 Å². The van der Waals surface area contributed by atoms with Gasteiger partial charge in [0.05, 0.1) is 13.2 Å². The first kappa shape index (κ1) is 19.8. The van der Waals surface area contributed by atoms with Crippen LogP contribution in [0.5, 0.6) is 11.5 Å². The van der Waals surface area contributed by atoms with Gasteiger partial charge in [-0.2, -0.15) is 0 Å². The van der Waals surface area contributed by atoms with E-state index in [1.807, 2.05) is 55.9 Å². The van der Waals surface area contributed by atoms with E-state index in [4.69, 9.17) is 9.47 Å². The summed E-state index contributed by atoms with van der Waals surface area (Å²) in [4.78, 5) is 17.9. The zero-order chi connectivity index (χ0) is 20.1. The van der Waals surface area contributed by atoms with E-state index in [0.717, 1.165) is 15.7 Å². The Bertz CT molecular complexity index is 952. The molecule has 0 saturated heterocycles. The summed E-state index contributed by atoms with van der Waals surface area (Å²) in [6, 6.07) is 12.8. The lowest BCUT2D eigenvalue weighted by molar-refractivity contribution is 0.102. The van der Waals surface area contributed by atoms with Gasteiger partial charge < -0.3 is 19.4 Å². The summed E-state index contributed by atoms with van der Waals surface area (Å²) < 4.78 is 13.0. The number of imidazole rings is 1. The van der Waals surface area contributed by atoms with Gasteiger partial charge in [-0.05, 0) is 56.3 Å². The quantitative estimate of drug-likeness (QED) is 0.630. The maximum absolute atomic E-state index is 12.6. The monoisotopic (exact) mass is 397 g/mol. The number of ether oxygens (including phenoxy) is 2. The average molecular weight is 398 g/mol. The molecule has 28 heavy (non-hydrogen) atoms. The van der Waals surface area contributed by atoms with Crippen molar-refractivity contribution in [2.24, 2.45) is 7.05 Å². The number of hydrogen-bond acceptors (Lipinski definition) is 5. The number of aromatic nitrogens is 2. The molecular weight excluding hydrogens is 374 g/mol. The minimum absolute atomic E-state index is 0.0238. The van der Waals surface area contributed by atoms with Gasteiger partial charge >= 0.3 is 0 Å². The third-order valence-electron chi connectivity index (χ3n) is 3.89. The van der Waals surface area contributed by atoms with Crippen molar-refractivity contribution in [1.29, 1.82) is 0 Å². The standard InChI is InChI=1S/C21H23N3O3S/c1-14(2)27-18-10-5-15(13-19(18)26-4)20(25)23-16-6-8-17(9-7-16)28-21-22-11-12-24(21)3/h5-14H,1-4H3,(H,23,25). The average Bonchev–Trinajstić information content (AvgIpc) is 3.07. The normalized spacial score (nSPS) is 10.8. The van der Waals surface area contributed by atoms with E-state index in [2.05, 4.69) is 10.3 Å². The number of rotatable bonds is 7. The highest BCUT2D eigenvalue weighted by Gasteiger charge is 2.12. The second kappa shape index (κ2) is 8.84. The molecule has 0 atom stereocenters. The van der Waals surface area contributed by atoms with Crippen LogP contribution in [0.25, 0.3) is 0 Å². The molecule has 0 aliphatic rings. The third kappa shape index (κ3) is 4.86. The number of aryl methyl sites for hydroxylation is 1. The molecule has 0 saturated carbocycles. The van der Waals surface area contributed by atoms with Crippen LogP contribution >= 0.6 is 11.8 Å². The molecule has 146 valence electrons. The molecule has 0 radical (unpaired) electrons. The lowest BCUT2D eigenvalue weighted by Crippen LogP contribution is -2.12. The Morgan fingerprint density at radius 2 is 1.89 bits per heavy atom. The van der Waals surface area contributed by atoms with Crippen molar-refractivity contribution < 1.29 is 14.3 Å². The van der Waals surface area contributed by atoms with E-state index in [0.29, 0.717) is 17.1 Å². The molecular formula is C21H23N3O3S. The third-order valence-corrected chi connectivity index (χ3v) is 4.97. The predicted octanol–water partition coefficient (Wildman–Crippen LogP) is 4.62. The zero-order valence-electron chi connectivity index (χ0n) is 16.3. The molecule has 0 fully saturated rings. The number of hydrogen-bond donors (Lipinski definition) is 1. The Kier molecular flexibility index (Phi) is 6.26. The molecule has 3 rings (SSSR count). The summed E-state index contributed by atoms with van der Waals surface area (Å²) in [5.74, 6) is 0.937. The Hall–Kier alpha value is -2.93. The lowest BCUT2D eigenvalue weighted by atomic mass is 10.1. The van der Waals surface area contributed by atoms with Gasteiger partial charge in [-0.1, -0.05) is 11.8 Å². The van der Waals surface area contributed by atoms with Crippen LogP contribution in [0, 0.1) is 0 Å². The van der Waals surface area contributed by atoms with Crippen LogP contribution in [0.1, 0.15) is 24.2 Å². The molecule has 0 spiro atoms. The summed E-state index contributed by atoms with van der Waals surface area (Å²) in [6.45, 7) is 3.88. The Labute approximate surface area is 168 Å². The van der Waals surface area contributed by atoms with Crippen LogP contribution in [-0.4, -0.2) is 28.7 Å². The molecule has 3 aromatic rings. The summed E-state index contributed by atoms with van der Waals surface area (Å²) in [6.07, 6.45) is 3.70. The highest BCUT2D eigenvalue weighted by Crippen LogP contribution is 2.30. The van der Waals surface area contributed by atoms with Crippen molar-refractivity contribution >= 4 is 23.4 Å². The van der Waals surface area contributed by atoms with Crippen LogP contribution in [-0.2, 0) is 7.05 Å². The van der Waals surface area contributed by atoms with E-state index >= 15 is 0 Å². The molecule has 1 amide bonds. The van der Waals surface area contributed by atoms with E-state index in [1.54, 1.807) is 43.3 Å². The first-order valence-corrected chi connectivity index (χ1v) is 9.69. The van der Waals surface area contributed by atoms with Crippen molar-refractivity contribution in [3.8, 4) is 11.5 Å². The largest absolute Gasteiger partial charge is 0.493 e. The van der Waals surface area contributed by atoms with Crippen molar-refractivity contribution in [1.82, 2.24) is 9.55 Å². The SMILES string of the molecule is COc1cc(C(=O)Nc2ccc(Sc3nccn3C)cc2)ccc1OC(C)C. The Morgan fingerprint density at radius 3 is 2.50 bits per heavy atom. The molecule has 0 aliphatic heterocycles. The fourth-order valence-corrected chi connectivity index (χ4v) is 3.33. The second-order valence-corrected chi connectivity index (χ2v) is 7.47.